The second-order valence-electron chi connectivity index (χ2n) is 5.70. The van der Waals surface area contributed by atoms with Gasteiger partial charge >= 0.3 is 12.1 Å². The molecule has 0 saturated carbocycles. The molecular formula is C16H14ClF5N2O2. The van der Waals surface area contributed by atoms with E-state index in [2.05, 4.69) is 5.10 Å². The van der Waals surface area contributed by atoms with Crippen molar-refractivity contribution >= 4 is 17.6 Å². The first-order chi connectivity index (χ1) is 12.0. The Morgan fingerprint density at radius 2 is 1.96 bits per heavy atom. The van der Waals surface area contributed by atoms with E-state index >= 15 is 0 Å². The minimum atomic E-state index is -4.89. The molecule has 0 bridgehead atoms. The van der Waals surface area contributed by atoms with Crippen molar-refractivity contribution in [2.24, 2.45) is 7.05 Å². The van der Waals surface area contributed by atoms with Gasteiger partial charge in [0.2, 0.25) is 0 Å². The van der Waals surface area contributed by atoms with Gasteiger partial charge in [-0.3, -0.25) is 4.68 Å². The van der Waals surface area contributed by atoms with Crippen LogP contribution in [-0.2, 0) is 24.6 Å². The Morgan fingerprint density at radius 1 is 1.35 bits per heavy atom. The molecule has 2 aromatic rings. The molecule has 0 fully saturated rings. The Bertz CT molecular complexity index is 846. The van der Waals surface area contributed by atoms with Crippen molar-refractivity contribution in [2.45, 2.75) is 32.8 Å². The zero-order valence-electron chi connectivity index (χ0n) is 13.9. The average molecular weight is 397 g/mol. The van der Waals surface area contributed by atoms with E-state index in [0.29, 0.717) is 4.68 Å². The molecule has 2 rings (SSSR count). The van der Waals surface area contributed by atoms with Crippen LogP contribution in [0.4, 0.5) is 22.0 Å². The van der Waals surface area contributed by atoms with Crippen LogP contribution in [0, 0.1) is 5.82 Å². The molecule has 0 amide bonds. The number of aryl methyl sites for hydroxylation is 1. The predicted octanol–water partition coefficient (Wildman–Crippen LogP) is 4.93. The van der Waals surface area contributed by atoms with Gasteiger partial charge in [-0.15, -0.1) is 0 Å². The Kier molecular flexibility index (Phi) is 5.60. The fourth-order valence-corrected chi connectivity index (χ4v) is 2.66. The number of benzene rings is 1. The number of ether oxygens (including phenoxy) is 1. The number of hydrogen-bond acceptors (Lipinski definition) is 3. The van der Waals surface area contributed by atoms with Crippen molar-refractivity contribution < 1.29 is 31.5 Å². The molecule has 0 spiro atoms. The molecule has 1 heterocycles. The summed E-state index contributed by atoms with van der Waals surface area (Å²) >= 11 is 5.83. The zero-order chi connectivity index (χ0) is 19.8. The van der Waals surface area contributed by atoms with Crippen LogP contribution < -0.4 is 0 Å². The highest BCUT2D eigenvalue weighted by Gasteiger charge is 2.39. The maximum atomic E-state index is 14.3. The highest BCUT2D eigenvalue weighted by atomic mass is 35.5. The summed E-state index contributed by atoms with van der Waals surface area (Å²) in [5.74, 6) is -1.93. The number of carbonyl (C=O) groups is 1. The van der Waals surface area contributed by atoms with Gasteiger partial charge in [0, 0.05) is 18.2 Å². The number of nitrogens with zero attached hydrogens (tertiary/aromatic N) is 2. The van der Waals surface area contributed by atoms with Crippen molar-refractivity contribution in [3.8, 4) is 11.3 Å². The Hall–Kier alpha value is -2.16. The van der Waals surface area contributed by atoms with Crippen molar-refractivity contribution in [1.29, 1.82) is 0 Å². The Labute approximate surface area is 150 Å². The third kappa shape index (κ3) is 3.82. The summed E-state index contributed by atoms with van der Waals surface area (Å²) < 4.78 is 72.4. The monoisotopic (exact) mass is 396 g/mol. The van der Waals surface area contributed by atoms with Crippen LogP contribution in [0.15, 0.2) is 12.1 Å². The zero-order valence-corrected chi connectivity index (χ0v) is 14.7. The molecular weight excluding hydrogens is 383 g/mol. The third-order valence-corrected chi connectivity index (χ3v) is 3.73. The molecule has 0 radical (unpaired) electrons. The number of alkyl halides is 4. The number of aromatic nitrogens is 2. The third-order valence-electron chi connectivity index (χ3n) is 3.42. The fourth-order valence-electron chi connectivity index (χ4n) is 2.43. The standard InChI is InChI=1S/C16H14ClF5N2O2/c1-7(2)26-15(25)8-4-9(12(19)5-11(8)17)13-10(6-18)14(16(20,21)22)24(3)23-13/h4-5,7H,6H2,1-3H3. The minimum absolute atomic E-state index is 0.263. The summed E-state index contributed by atoms with van der Waals surface area (Å²) in [7, 11) is 0.966. The molecule has 26 heavy (non-hydrogen) atoms. The summed E-state index contributed by atoms with van der Waals surface area (Å²) in [5.41, 5.74) is -3.47. The molecule has 0 N–H and O–H groups in total. The smallest absolute Gasteiger partial charge is 0.433 e. The van der Waals surface area contributed by atoms with Gasteiger partial charge in [-0.25, -0.2) is 13.6 Å². The lowest BCUT2D eigenvalue weighted by Crippen LogP contribution is -2.13. The normalized spacial score (nSPS) is 11.9. The van der Waals surface area contributed by atoms with Crippen molar-refractivity contribution in [2.75, 3.05) is 0 Å². The van der Waals surface area contributed by atoms with Gasteiger partial charge in [0.15, 0.2) is 0 Å². The lowest BCUT2D eigenvalue weighted by Gasteiger charge is -2.11. The van der Waals surface area contributed by atoms with E-state index in [1.165, 1.54) is 0 Å². The SMILES string of the molecule is CC(C)OC(=O)c1cc(-c2nn(C)c(C(F)(F)F)c2CF)c(F)cc1Cl. The molecule has 10 heteroatoms. The second-order valence-corrected chi connectivity index (χ2v) is 6.10. The number of halogens is 6. The van der Waals surface area contributed by atoms with Crippen LogP contribution in [0.3, 0.4) is 0 Å². The van der Waals surface area contributed by atoms with Crippen molar-refractivity contribution in [1.82, 2.24) is 9.78 Å². The van der Waals surface area contributed by atoms with Gasteiger partial charge in [0.05, 0.1) is 16.7 Å². The molecule has 0 aliphatic heterocycles. The van der Waals surface area contributed by atoms with Gasteiger partial charge in [-0.2, -0.15) is 18.3 Å². The Balaban J connectivity index is 2.68. The summed E-state index contributed by atoms with van der Waals surface area (Å²) in [5, 5.41) is 3.31. The largest absolute Gasteiger partial charge is 0.459 e. The molecule has 1 aromatic carbocycles. The van der Waals surface area contributed by atoms with Crippen molar-refractivity contribution in [3.05, 3.63) is 39.8 Å². The fraction of sp³-hybridized carbons (Fsp3) is 0.375. The van der Waals surface area contributed by atoms with Gasteiger partial charge < -0.3 is 4.74 Å². The molecule has 0 atom stereocenters. The molecule has 0 aliphatic carbocycles. The van der Waals surface area contributed by atoms with Gasteiger partial charge in [0.1, 0.15) is 23.9 Å². The highest BCUT2D eigenvalue weighted by Crippen LogP contribution is 2.38. The maximum absolute atomic E-state index is 14.3. The summed E-state index contributed by atoms with van der Waals surface area (Å²) in [6.07, 6.45) is -5.39. The van der Waals surface area contributed by atoms with E-state index in [9.17, 15) is 26.7 Å². The summed E-state index contributed by atoms with van der Waals surface area (Å²) in [6, 6.07) is 1.65. The van der Waals surface area contributed by atoms with E-state index in [-0.39, 0.29) is 10.6 Å². The Morgan fingerprint density at radius 3 is 2.46 bits per heavy atom. The van der Waals surface area contributed by atoms with E-state index in [1.807, 2.05) is 0 Å². The van der Waals surface area contributed by atoms with E-state index < -0.39 is 53.3 Å². The van der Waals surface area contributed by atoms with Gasteiger partial charge in [-0.1, -0.05) is 11.6 Å². The van der Waals surface area contributed by atoms with Crippen LogP contribution in [0.25, 0.3) is 11.3 Å². The lowest BCUT2D eigenvalue weighted by molar-refractivity contribution is -0.144. The van der Waals surface area contributed by atoms with Crippen molar-refractivity contribution in [3.63, 3.8) is 0 Å². The van der Waals surface area contributed by atoms with Gasteiger partial charge in [0.25, 0.3) is 0 Å². The first kappa shape index (κ1) is 20.2. The molecule has 0 unspecified atom stereocenters. The lowest BCUT2D eigenvalue weighted by atomic mass is 10.0. The van der Waals surface area contributed by atoms with E-state index in [4.69, 9.17) is 16.3 Å². The first-order valence-electron chi connectivity index (χ1n) is 7.36. The van der Waals surface area contributed by atoms with Crippen LogP contribution in [0.2, 0.25) is 5.02 Å². The highest BCUT2D eigenvalue weighted by molar-refractivity contribution is 6.33. The van der Waals surface area contributed by atoms with E-state index in [0.717, 1.165) is 19.2 Å². The van der Waals surface area contributed by atoms with Crippen LogP contribution in [0.5, 0.6) is 0 Å². The van der Waals surface area contributed by atoms with Crippen LogP contribution in [0.1, 0.15) is 35.5 Å². The van der Waals surface area contributed by atoms with Crippen LogP contribution in [-0.4, -0.2) is 21.9 Å². The first-order valence-corrected chi connectivity index (χ1v) is 7.74. The van der Waals surface area contributed by atoms with Crippen LogP contribution >= 0.6 is 11.6 Å². The molecule has 1 aromatic heterocycles. The second kappa shape index (κ2) is 7.22. The molecule has 4 nitrogen and oxygen atoms in total. The number of rotatable bonds is 4. The molecule has 0 aliphatic rings. The maximum Gasteiger partial charge on any atom is 0.433 e. The number of carbonyl (C=O) groups excluding carboxylic acids is 1. The number of hydrogen-bond donors (Lipinski definition) is 0. The molecule has 142 valence electrons. The topological polar surface area (TPSA) is 44.1 Å². The minimum Gasteiger partial charge on any atom is -0.459 e. The van der Waals surface area contributed by atoms with Gasteiger partial charge in [-0.05, 0) is 26.0 Å². The summed E-state index contributed by atoms with van der Waals surface area (Å²) in [6.45, 7) is 1.63. The van der Waals surface area contributed by atoms with E-state index in [1.54, 1.807) is 13.8 Å². The average Bonchev–Trinajstić information content (AvgIpc) is 2.82. The number of esters is 1. The predicted molar refractivity (Wildman–Crippen MR) is 84.0 cm³/mol. The summed E-state index contributed by atoms with van der Waals surface area (Å²) in [4.78, 5) is 12.0. The molecule has 0 saturated heterocycles. The quantitative estimate of drug-likeness (QED) is 0.543.